The van der Waals surface area contributed by atoms with Gasteiger partial charge in [0.1, 0.15) is 30.2 Å². The van der Waals surface area contributed by atoms with Gasteiger partial charge >= 0.3 is 0 Å². The van der Waals surface area contributed by atoms with Gasteiger partial charge in [0.25, 0.3) is 0 Å². The van der Waals surface area contributed by atoms with Crippen molar-refractivity contribution in [1.29, 1.82) is 0 Å². The van der Waals surface area contributed by atoms with Gasteiger partial charge in [-0.05, 0) is 85.9 Å². The molecule has 2 fully saturated rings. The fourth-order valence-electron chi connectivity index (χ4n) is 6.11. The van der Waals surface area contributed by atoms with Crippen molar-refractivity contribution in [1.82, 2.24) is 9.88 Å². The van der Waals surface area contributed by atoms with E-state index in [-0.39, 0.29) is 32.1 Å². The summed E-state index contributed by atoms with van der Waals surface area (Å²) >= 11 is 13.4. The standard InChI is InChI=1S/C38H47Cl2N3O9/c39-29-18-24(22-51-38(13-14-38)28-19-42-15-11-26(28)27-6-2-3-7-33(27)52-25-9-10-25)30(40)17-23(29)5-1-4-8-35(48)43(16-12-34(41)47)20-31(45)36(49)37(50)32(46)21-44/h2-3,6-7,11,15,17-19,25,31-32,36-37,44-46,49-50H,1,4-5,8-10,12-14,16,20-22H2,(H2,41,47). The van der Waals surface area contributed by atoms with Crippen LogP contribution in [0.15, 0.2) is 54.9 Å². The summed E-state index contributed by atoms with van der Waals surface area (Å²) in [6.45, 7) is -1.10. The summed E-state index contributed by atoms with van der Waals surface area (Å²) in [5, 5.41) is 50.2. The molecule has 0 radical (unpaired) electrons. The van der Waals surface area contributed by atoms with Gasteiger partial charge in [-0.2, -0.15) is 0 Å². The van der Waals surface area contributed by atoms with E-state index in [9.17, 15) is 30.0 Å². The Bertz CT molecular complexity index is 1690. The molecule has 14 heteroatoms. The predicted octanol–water partition coefficient (Wildman–Crippen LogP) is 3.66. The number of carbonyl (C=O) groups is 2. The number of unbranched alkanes of at least 4 members (excludes halogenated alkanes) is 1. The smallest absolute Gasteiger partial charge is 0.222 e. The molecule has 3 aromatic rings. The lowest BCUT2D eigenvalue weighted by molar-refractivity contribution is -0.140. The molecule has 0 aliphatic heterocycles. The molecule has 2 amide bonds. The Hall–Kier alpha value is -3.33. The summed E-state index contributed by atoms with van der Waals surface area (Å²) in [6, 6.07) is 13.7. The van der Waals surface area contributed by atoms with Crippen molar-refractivity contribution in [2.45, 2.75) is 101 Å². The van der Waals surface area contributed by atoms with Crippen LogP contribution in [0.2, 0.25) is 10.0 Å². The quantitative estimate of drug-likeness (QED) is 0.0873. The van der Waals surface area contributed by atoms with Crippen molar-refractivity contribution in [2.75, 3.05) is 19.7 Å². The predicted molar refractivity (Wildman–Crippen MR) is 195 cm³/mol. The first-order chi connectivity index (χ1) is 24.9. The lowest BCUT2D eigenvalue weighted by Gasteiger charge is -2.30. The molecule has 4 atom stereocenters. The van der Waals surface area contributed by atoms with Crippen molar-refractivity contribution in [3.05, 3.63) is 81.6 Å². The monoisotopic (exact) mass is 759 g/mol. The third-order valence-electron chi connectivity index (χ3n) is 9.53. The number of carbonyl (C=O) groups excluding carboxylic acids is 2. The summed E-state index contributed by atoms with van der Waals surface area (Å²) in [4.78, 5) is 30.0. The minimum absolute atomic E-state index is 0.0657. The molecular formula is C38H47Cl2N3O9. The molecule has 0 saturated heterocycles. The number of nitrogens with zero attached hydrogens (tertiary/aromatic N) is 2. The van der Waals surface area contributed by atoms with Gasteiger partial charge in [0, 0.05) is 59.5 Å². The van der Waals surface area contributed by atoms with Crippen LogP contribution >= 0.6 is 23.2 Å². The number of amides is 2. The van der Waals surface area contributed by atoms with E-state index >= 15 is 0 Å². The maximum atomic E-state index is 13.0. The Morgan fingerprint density at radius 3 is 2.33 bits per heavy atom. The number of nitrogens with two attached hydrogens (primary N) is 1. The average molecular weight is 761 g/mol. The second-order valence-corrected chi connectivity index (χ2v) is 14.4. The molecule has 2 aromatic carbocycles. The van der Waals surface area contributed by atoms with Gasteiger partial charge in [-0.1, -0.05) is 41.4 Å². The van der Waals surface area contributed by atoms with E-state index < -0.39 is 55.0 Å². The highest BCUT2D eigenvalue weighted by Crippen LogP contribution is 2.53. The van der Waals surface area contributed by atoms with Gasteiger partial charge < -0.3 is 45.6 Å². The van der Waals surface area contributed by atoms with Crippen LogP contribution in [0.5, 0.6) is 5.75 Å². The molecule has 0 bridgehead atoms. The Morgan fingerprint density at radius 1 is 0.942 bits per heavy atom. The number of aliphatic hydroxyl groups is 5. The number of rotatable bonds is 21. The number of primary amides is 1. The van der Waals surface area contributed by atoms with Gasteiger partial charge in [-0.25, -0.2) is 0 Å². The average Bonchev–Trinajstić information content (AvgIpc) is 4.09. The minimum Gasteiger partial charge on any atom is -0.490 e. The van der Waals surface area contributed by atoms with E-state index in [0.717, 1.165) is 59.3 Å². The van der Waals surface area contributed by atoms with E-state index in [4.69, 9.17) is 43.5 Å². The number of hydrogen-bond donors (Lipinski definition) is 6. The number of ether oxygens (including phenoxy) is 2. The minimum atomic E-state index is -1.84. The number of hydrogen-bond acceptors (Lipinski definition) is 10. The number of para-hydroxylation sites is 1. The van der Waals surface area contributed by atoms with Gasteiger partial charge in [0.2, 0.25) is 11.8 Å². The van der Waals surface area contributed by atoms with Gasteiger partial charge in [0.05, 0.1) is 24.9 Å². The highest BCUT2D eigenvalue weighted by Gasteiger charge is 2.48. The number of aryl methyl sites for hydroxylation is 1. The SMILES string of the molecule is NC(=O)CCN(CC(O)C(O)C(O)C(O)CO)C(=O)CCCCc1cc(Cl)c(COC2(c3cnccc3-c3ccccc3OC3CC3)CC2)cc1Cl. The van der Waals surface area contributed by atoms with Crippen molar-refractivity contribution in [2.24, 2.45) is 5.73 Å². The lowest BCUT2D eigenvalue weighted by Crippen LogP contribution is -2.51. The van der Waals surface area contributed by atoms with E-state index in [0.29, 0.717) is 29.3 Å². The fraction of sp³-hybridized carbons (Fsp3) is 0.500. The first-order valence-corrected chi connectivity index (χ1v) is 18.4. The van der Waals surface area contributed by atoms with Crippen LogP contribution in [0.3, 0.4) is 0 Å². The van der Waals surface area contributed by atoms with Crippen LogP contribution in [-0.2, 0) is 33.0 Å². The molecular weight excluding hydrogens is 713 g/mol. The third-order valence-corrected chi connectivity index (χ3v) is 10.2. The number of halogens is 2. The van der Waals surface area contributed by atoms with Crippen LogP contribution in [0.1, 0.15) is 68.1 Å². The van der Waals surface area contributed by atoms with Gasteiger partial charge in [0.15, 0.2) is 0 Å². The zero-order valence-corrected chi connectivity index (χ0v) is 30.4. The number of benzene rings is 2. The highest BCUT2D eigenvalue weighted by molar-refractivity contribution is 6.34. The molecule has 2 aliphatic carbocycles. The Labute approximate surface area is 313 Å². The molecule has 1 aromatic heterocycles. The topological polar surface area (TPSA) is 196 Å². The second kappa shape index (κ2) is 18.1. The van der Waals surface area contributed by atoms with Crippen LogP contribution < -0.4 is 10.5 Å². The summed E-state index contributed by atoms with van der Waals surface area (Å²) in [6.07, 6.45) is 2.16. The number of pyridine rings is 1. The summed E-state index contributed by atoms with van der Waals surface area (Å²) in [7, 11) is 0. The van der Waals surface area contributed by atoms with Gasteiger partial charge in [-0.15, -0.1) is 0 Å². The lowest BCUT2D eigenvalue weighted by atomic mass is 9.96. The molecule has 4 unspecified atom stereocenters. The maximum Gasteiger partial charge on any atom is 0.222 e. The van der Waals surface area contributed by atoms with Crippen molar-refractivity contribution < 1.29 is 44.6 Å². The zero-order chi connectivity index (χ0) is 37.4. The van der Waals surface area contributed by atoms with Crippen molar-refractivity contribution >= 4 is 35.0 Å². The second-order valence-electron chi connectivity index (χ2n) is 13.6. The molecule has 5 rings (SSSR count). The van der Waals surface area contributed by atoms with E-state index in [1.807, 2.05) is 42.6 Å². The van der Waals surface area contributed by atoms with E-state index in [1.54, 1.807) is 6.20 Å². The van der Waals surface area contributed by atoms with Crippen LogP contribution in [0.25, 0.3) is 11.1 Å². The molecule has 1 heterocycles. The van der Waals surface area contributed by atoms with Crippen molar-refractivity contribution in [3.8, 4) is 16.9 Å². The van der Waals surface area contributed by atoms with Crippen molar-refractivity contribution in [3.63, 3.8) is 0 Å². The highest BCUT2D eigenvalue weighted by atomic mass is 35.5. The molecule has 52 heavy (non-hydrogen) atoms. The summed E-state index contributed by atoms with van der Waals surface area (Å²) < 4.78 is 12.8. The van der Waals surface area contributed by atoms with Crippen LogP contribution in [0.4, 0.5) is 0 Å². The first kappa shape index (κ1) is 39.9. The Balaban J connectivity index is 1.16. The first-order valence-electron chi connectivity index (χ1n) is 17.6. The third kappa shape index (κ3) is 10.4. The summed E-state index contributed by atoms with van der Waals surface area (Å²) in [5.74, 6) is -0.196. The summed E-state index contributed by atoms with van der Waals surface area (Å²) in [5.41, 5.74) is 9.36. The largest absolute Gasteiger partial charge is 0.490 e. The van der Waals surface area contributed by atoms with Crippen LogP contribution in [0, 0.1) is 0 Å². The Kier molecular flexibility index (Phi) is 13.9. The fourth-order valence-corrected chi connectivity index (χ4v) is 6.63. The molecule has 2 aliphatic rings. The molecule has 2 saturated carbocycles. The molecule has 7 N–H and O–H groups in total. The van der Waals surface area contributed by atoms with Gasteiger partial charge in [-0.3, -0.25) is 14.6 Å². The van der Waals surface area contributed by atoms with E-state index in [1.165, 1.54) is 4.90 Å². The number of aromatic nitrogens is 1. The molecule has 282 valence electrons. The molecule has 0 spiro atoms. The Morgan fingerprint density at radius 2 is 1.63 bits per heavy atom. The van der Waals surface area contributed by atoms with Crippen LogP contribution in [-0.4, -0.2) is 97.4 Å². The maximum absolute atomic E-state index is 13.0. The number of aliphatic hydroxyl groups excluding tert-OH is 5. The van der Waals surface area contributed by atoms with E-state index in [2.05, 4.69) is 11.1 Å². The molecule has 12 nitrogen and oxygen atoms in total. The normalized spacial score (nSPS) is 17.2. The zero-order valence-electron chi connectivity index (χ0n) is 28.9.